The Labute approximate surface area is 255 Å². The molecule has 0 aromatic heterocycles. The fourth-order valence-corrected chi connectivity index (χ4v) is 7.98. The molecular formula is C33H28O12. The number of phenols is 2. The topological polar surface area (TPSA) is 197 Å². The molecule has 1 fully saturated rings. The predicted octanol–water partition coefficient (Wildman–Crippen LogP) is 3.14. The highest BCUT2D eigenvalue weighted by molar-refractivity contribution is 6.14. The van der Waals surface area contributed by atoms with Crippen LogP contribution in [0.1, 0.15) is 66.5 Å². The Morgan fingerprint density at radius 3 is 2.44 bits per heavy atom. The first kappa shape index (κ1) is 28.7. The number of carbonyl (C=O) groups is 4. The molecule has 5 N–H and O–H groups in total. The number of phenolic OH excluding ortho intramolecular Hbond substituents is 2. The van der Waals surface area contributed by atoms with E-state index in [-0.39, 0.29) is 64.2 Å². The molecule has 2 aromatic rings. The molecule has 8 rings (SSSR count). The zero-order valence-corrected chi connectivity index (χ0v) is 24.3. The average molecular weight is 617 g/mol. The number of aliphatic hydroxyl groups is 3. The number of hydrogen-bond acceptors (Lipinski definition) is 12. The quantitative estimate of drug-likeness (QED) is 0.245. The second kappa shape index (κ2) is 9.21. The van der Waals surface area contributed by atoms with Crippen molar-refractivity contribution < 1.29 is 58.9 Å². The molecule has 0 saturated heterocycles. The van der Waals surface area contributed by atoms with Gasteiger partial charge >= 0.3 is 11.9 Å². The van der Waals surface area contributed by atoms with Crippen molar-refractivity contribution in [2.24, 2.45) is 5.41 Å². The monoisotopic (exact) mass is 616 g/mol. The summed E-state index contributed by atoms with van der Waals surface area (Å²) in [5, 5.41) is 56.7. The van der Waals surface area contributed by atoms with Crippen molar-refractivity contribution in [2.45, 2.75) is 56.8 Å². The number of fused-ring (bicyclic) bond motifs is 3. The van der Waals surface area contributed by atoms with Gasteiger partial charge in [0.2, 0.25) is 0 Å². The first-order valence-electron chi connectivity index (χ1n) is 14.3. The summed E-state index contributed by atoms with van der Waals surface area (Å²) in [6.45, 7) is 2.84. The summed E-state index contributed by atoms with van der Waals surface area (Å²) >= 11 is 0. The minimum Gasteiger partial charge on any atom is -0.507 e. The van der Waals surface area contributed by atoms with Gasteiger partial charge in [-0.3, -0.25) is 14.4 Å². The number of ketones is 2. The number of hydrogen-bond donors (Lipinski definition) is 5. The molecule has 2 bridgehead atoms. The summed E-state index contributed by atoms with van der Waals surface area (Å²) in [6, 6.07) is 5.80. The smallest absolute Gasteiger partial charge is 0.358 e. The van der Waals surface area contributed by atoms with Gasteiger partial charge in [0.05, 0.1) is 35.2 Å². The van der Waals surface area contributed by atoms with Gasteiger partial charge in [-0.15, -0.1) is 0 Å². The number of methoxy groups -OCH3 is 1. The average Bonchev–Trinajstić information content (AvgIpc) is 3.17. The number of aromatic hydroxyl groups is 2. The Hall–Kier alpha value is -5.10. The maximum atomic E-state index is 14.4. The van der Waals surface area contributed by atoms with Crippen LogP contribution in [0.3, 0.4) is 0 Å². The van der Waals surface area contributed by atoms with Crippen molar-refractivity contribution in [1.82, 2.24) is 0 Å². The van der Waals surface area contributed by atoms with Gasteiger partial charge in [0, 0.05) is 24.5 Å². The lowest BCUT2D eigenvalue weighted by molar-refractivity contribution is -0.169. The number of Topliss-reactive ketones (excluding diaryl/α,β-unsaturated/α-hetero) is 2. The number of esters is 2. The molecule has 45 heavy (non-hydrogen) atoms. The van der Waals surface area contributed by atoms with Gasteiger partial charge in [-0.2, -0.15) is 0 Å². The summed E-state index contributed by atoms with van der Waals surface area (Å²) in [6.07, 6.45) is -1.62. The van der Waals surface area contributed by atoms with Gasteiger partial charge in [-0.05, 0) is 37.5 Å². The van der Waals surface area contributed by atoms with Crippen molar-refractivity contribution in [2.75, 3.05) is 7.11 Å². The van der Waals surface area contributed by atoms with Crippen LogP contribution < -0.4 is 4.74 Å². The third-order valence-corrected chi connectivity index (χ3v) is 9.66. The molecule has 2 aromatic carbocycles. The molecular weight excluding hydrogens is 588 g/mol. The van der Waals surface area contributed by atoms with E-state index in [1.807, 2.05) is 0 Å². The zero-order valence-electron chi connectivity index (χ0n) is 24.3. The minimum atomic E-state index is -2.42. The summed E-state index contributed by atoms with van der Waals surface area (Å²) < 4.78 is 16.8. The summed E-state index contributed by atoms with van der Waals surface area (Å²) in [4.78, 5) is 53.2. The normalized spacial score (nSPS) is 29.3. The summed E-state index contributed by atoms with van der Waals surface area (Å²) in [5.74, 6) is -6.86. The molecule has 12 nitrogen and oxygen atoms in total. The maximum absolute atomic E-state index is 14.4. The Bertz CT molecular complexity index is 1900. The zero-order chi connectivity index (χ0) is 32.3. The summed E-state index contributed by atoms with van der Waals surface area (Å²) in [7, 11) is 1.04. The van der Waals surface area contributed by atoms with Crippen LogP contribution in [0.25, 0.3) is 11.5 Å². The second-order valence-electron chi connectivity index (χ2n) is 12.1. The van der Waals surface area contributed by atoms with E-state index in [2.05, 4.69) is 0 Å². The minimum absolute atomic E-state index is 0.0547. The van der Waals surface area contributed by atoms with Gasteiger partial charge in [-0.1, -0.05) is 23.8 Å². The molecule has 5 atom stereocenters. The highest BCUT2D eigenvalue weighted by Gasteiger charge is 2.63. The van der Waals surface area contributed by atoms with Crippen LogP contribution in [0.5, 0.6) is 17.2 Å². The third-order valence-electron chi connectivity index (χ3n) is 9.66. The molecule has 1 spiro atoms. The van der Waals surface area contributed by atoms with Gasteiger partial charge in [0.15, 0.2) is 11.6 Å². The van der Waals surface area contributed by atoms with Crippen molar-refractivity contribution in [3.8, 4) is 17.2 Å². The Kier molecular flexibility index (Phi) is 5.86. The van der Waals surface area contributed by atoms with Crippen LogP contribution in [0.2, 0.25) is 0 Å². The van der Waals surface area contributed by atoms with E-state index in [4.69, 9.17) is 14.2 Å². The van der Waals surface area contributed by atoms with Crippen LogP contribution in [-0.4, -0.2) is 67.9 Å². The molecule has 0 amide bonds. The fourth-order valence-electron chi connectivity index (χ4n) is 7.98. The molecule has 0 unspecified atom stereocenters. The number of rotatable bonds is 2. The van der Waals surface area contributed by atoms with Crippen LogP contribution in [0.4, 0.5) is 0 Å². The van der Waals surface area contributed by atoms with E-state index < -0.39 is 75.5 Å². The number of ether oxygens (including phenoxy) is 3. The lowest BCUT2D eigenvalue weighted by Crippen LogP contribution is -2.61. The molecule has 6 aliphatic rings. The van der Waals surface area contributed by atoms with E-state index >= 15 is 0 Å². The summed E-state index contributed by atoms with van der Waals surface area (Å²) in [5.41, 5.74) is -4.02. The first-order chi connectivity index (χ1) is 21.3. The number of aliphatic hydroxyl groups excluding tert-OH is 3. The molecule has 1 aliphatic heterocycles. The van der Waals surface area contributed by atoms with Crippen LogP contribution >= 0.6 is 0 Å². The predicted molar refractivity (Wildman–Crippen MR) is 153 cm³/mol. The van der Waals surface area contributed by atoms with Gasteiger partial charge in [0.1, 0.15) is 46.5 Å². The Balaban J connectivity index is 1.54. The van der Waals surface area contributed by atoms with E-state index in [0.717, 1.165) is 7.11 Å². The standard InChI is InChI=1S/C33H28O12/c1-12-10-32-11-14-9-18-23(29(41)24-17(36)7-8-19(37)33(24,45-18)31(42)43-3)26(38)21(14)20(12)27(39)25(32)28(40)22-15(5-4-6-16(22)35)30(32)44-13(2)34/h4-6,9-10,19-20,30,35,37-38,40-41H,7-8,11H2,1-3H3/t19-,20-,30+,32+,33-/m1/s1. The molecule has 232 valence electrons. The highest BCUT2D eigenvalue weighted by atomic mass is 16.6. The molecule has 1 heterocycles. The molecule has 12 heteroatoms. The second-order valence-corrected chi connectivity index (χ2v) is 12.1. The SMILES string of the molecule is COC(=O)[C@]12Oc3cc4c(c(O)c3C(O)=C1C(=O)CC[C@H]2O)[C@@H]1C(=O)C2=C(O)c3c(O)cccc3[C@H](OC(C)=O)[C@@]2(C=C1C)C4. The van der Waals surface area contributed by atoms with E-state index in [1.54, 1.807) is 19.1 Å². The third kappa shape index (κ3) is 3.40. The van der Waals surface area contributed by atoms with Crippen molar-refractivity contribution in [3.05, 3.63) is 74.9 Å². The van der Waals surface area contributed by atoms with Crippen LogP contribution in [0, 0.1) is 5.41 Å². The van der Waals surface area contributed by atoms with Gasteiger partial charge < -0.3 is 39.7 Å². The highest BCUT2D eigenvalue weighted by Crippen LogP contribution is 2.64. The maximum Gasteiger partial charge on any atom is 0.358 e. The van der Waals surface area contributed by atoms with Crippen LogP contribution in [-0.2, 0) is 35.1 Å². The van der Waals surface area contributed by atoms with Crippen LogP contribution in [0.15, 0.2) is 47.1 Å². The fraction of sp³-hybridized carbons (Fsp3) is 0.333. The van der Waals surface area contributed by atoms with E-state index in [1.165, 1.54) is 25.1 Å². The Morgan fingerprint density at radius 2 is 1.76 bits per heavy atom. The van der Waals surface area contributed by atoms with Crippen molar-refractivity contribution >= 4 is 35.0 Å². The molecule has 0 radical (unpaired) electrons. The van der Waals surface area contributed by atoms with E-state index in [9.17, 15) is 44.7 Å². The number of carbonyl (C=O) groups excluding carboxylic acids is 4. The lowest BCUT2D eigenvalue weighted by atomic mass is 9.60. The van der Waals surface area contributed by atoms with Gasteiger partial charge in [0.25, 0.3) is 5.60 Å². The molecule has 5 aliphatic carbocycles. The number of allylic oxidation sites excluding steroid dienone is 1. The number of benzene rings is 2. The van der Waals surface area contributed by atoms with Gasteiger partial charge in [-0.25, -0.2) is 4.79 Å². The molecule has 1 saturated carbocycles. The Morgan fingerprint density at radius 1 is 1.04 bits per heavy atom. The first-order valence-corrected chi connectivity index (χ1v) is 14.3. The van der Waals surface area contributed by atoms with E-state index in [0.29, 0.717) is 5.57 Å². The lowest BCUT2D eigenvalue weighted by Gasteiger charge is -2.45. The largest absolute Gasteiger partial charge is 0.507 e. The van der Waals surface area contributed by atoms with Crippen molar-refractivity contribution in [3.63, 3.8) is 0 Å². The van der Waals surface area contributed by atoms with Crippen molar-refractivity contribution in [1.29, 1.82) is 0 Å².